The van der Waals surface area contributed by atoms with Crippen molar-refractivity contribution in [2.24, 2.45) is 0 Å². The summed E-state index contributed by atoms with van der Waals surface area (Å²) >= 11 is 0. The number of halogens is 1. The van der Waals surface area contributed by atoms with Gasteiger partial charge in [-0.3, -0.25) is 9.78 Å². The fraction of sp³-hybridized carbons (Fsp3) is 0.292. The predicted octanol–water partition coefficient (Wildman–Crippen LogP) is 3.37. The highest BCUT2D eigenvalue weighted by Crippen LogP contribution is 2.42. The number of aromatic nitrogens is 5. The molecule has 6 rings (SSSR count). The van der Waals surface area contributed by atoms with Crippen LogP contribution >= 0.6 is 0 Å². The molecule has 4 aromatic rings. The molecule has 4 heterocycles. The summed E-state index contributed by atoms with van der Waals surface area (Å²) in [6.45, 7) is 2.15. The van der Waals surface area contributed by atoms with Crippen LogP contribution in [-0.2, 0) is 4.74 Å². The molecular formula is C24H21FN6O2. The number of carbonyl (C=O) groups excluding carboxylic acids is 1. The Morgan fingerprint density at radius 3 is 2.52 bits per heavy atom. The number of benzene rings is 1. The molecule has 1 saturated heterocycles. The van der Waals surface area contributed by atoms with E-state index in [4.69, 9.17) is 9.84 Å². The van der Waals surface area contributed by atoms with E-state index in [1.54, 1.807) is 52.4 Å². The number of nitrogens with zero attached hydrogens (tertiary/aromatic N) is 6. The van der Waals surface area contributed by atoms with E-state index in [2.05, 4.69) is 15.0 Å². The quantitative estimate of drug-likeness (QED) is 0.480. The lowest BCUT2D eigenvalue weighted by Gasteiger charge is -2.26. The van der Waals surface area contributed by atoms with Crippen molar-refractivity contribution in [3.05, 3.63) is 66.1 Å². The van der Waals surface area contributed by atoms with Crippen LogP contribution in [0, 0.1) is 5.82 Å². The third-order valence-electron chi connectivity index (χ3n) is 6.09. The molecule has 0 spiro atoms. The van der Waals surface area contributed by atoms with E-state index >= 15 is 0 Å². The van der Waals surface area contributed by atoms with Gasteiger partial charge in [0.05, 0.1) is 24.4 Å². The molecule has 33 heavy (non-hydrogen) atoms. The molecule has 0 atom stereocenters. The van der Waals surface area contributed by atoms with Crippen LogP contribution in [0.5, 0.6) is 0 Å². The average molecular weight is 444 g/mol. The van der Waals surface area contributed by atoms with Crippen molar-refractivity contribution in [3.8, 4) is 17.1 Å². The van der Waals surface area contributed by atoms with E-state index < -0.39 is 0 Å². The molecule has 0 radical (unpaired) electrons. The maximum atomic E-state index is 14.2. The topological polar surface area (TPSA) is 86.0 Å². The molecule has 3 aromatic heterocycles. The molecule has 0 N–H and O–H groups in total. The van der Waals surface area contributed by atoms with Crippen molar-refractivity contribution in [1.82, 2.24) is 29.6 Å². The molecular weight excluding hydrogens is 423 g/mol. The maximum Gasteiger partial charge on any atom is 0.272 e. The van der Waals surface area contributed by atoms with Crippen molar-refractivity contribution >= 4 is 16.8 Å². The first-order chi connectivity index (χ1) is 16.2. The normalized spacial score (nSPS) is 16.3. The first-order valence-electron chi connectivity index (χ1n) is 11.0. The Hall–Kier alpha value is -3.72. The smallest absolute Gasteiger partial charge is 0.272 e. The summed E-state index contributed by atoms with van der Waals surface area (Å²) < 4.78 is 21.2. The van der Waals surface area contributed by atoms with Crippen LogP contribution in [0.2, 0.25) is 0 Å². The number of rotatable bonds is 4. The highest BCUT2D eigenvalue weighted by molar-refractivity contribution is 5.96. The molecule has 1 aromatic carbocycles. The largest absolute Gasteiger partial charge is 0.378 e. The highest BCUT2D eigenvalue weighted by atomic mass is 19.1. The number of amides is 1. The number of carbonyl (C=O) groups is 1. The minimum Gasteiger partial charge on any atom is -0.378 e. The fourth-order valence-corrected chi connectivity index (χ4v) is 4.15. The van der Waals surface area contributed by atoms with Gasteiger partial charge in [-0.2, -0.15) is 9.78 Å². The van der Waals surface area contributed by atoms with E-state index in [1.807, 2.05) is 0 Å². The van der Waals surface area contributed by atoms with Gasteiger partial charge in [0.25, 0.3) is 11.9 Å². The van der Waals surface area contributed by atoms with Crippen molar-refractivity contribution in [3.63, 3.8) is 0 Å². The third-order valence-corrected chi connectivity index (χ3v) is 6.09. The van der Waals surface area contributed by atoms with Crippen LogP contribution in [0.15, 0.2) is 48.9 Å². The average Bonchev–Trinajstić information content (AvgIpc) is 3.65. The minimum atomic E-state index is -0.327. The highest BCUT2D eigenvalue weighted by Gasteiger charge is 2.31. The fourth-order valence-electron chi connectivity index (χ4n) is 4.15. The summed E-state index contributed by atoms with van der Waals surface area (Å²) in [5.41, 5.74) is 3.07. The Bertz CT molecular complexity index is 1340. The van der Waals surface area contributed by atoms with Gasteiger partial charge in [-0.15, -0.1) is 0 Å². The lowest BCUT2D eigenvalue weighted by molar-refractivity contribution is 0.0299. The first kappa shape index (κ1) is 19.9. The summed E-state index contributed by atoms with van der Waals surface area (Å²) in [5.74, 6) is 0.292. The summed E-state index contributed by atoms with van der Waals surface area (Å²) in [5, 5.41) is 5.69. The Kier molecular flexibility index (Phi) is 4.83. The van der Waals surface area contributed by atoms with Gasteiger partial charge in [0.15, 0.2) is 0 Å². The molecule has 1 aliphatic heterocycles. The van der Waals surface area contributed by atoms with E-state index in [0.29, 0.717) is 55.0 Å². The van der Waals surface area contributed by atoms with Crippen LogP contribution in [0.25, 0.3) is 28.0 Å². The zero-order valence-electron chi connectivity index (χ0n) is 17.8. The van der Waals surface area contributed by atoms with Crippen LogP contribution in [0.4, 0.5) is 4.39 Å². The molecule has 0 bridgehead atoms. The third kappa shape index (κ3) is 3.64. The zero-order chi connectivity index (χ0) is 22.4. The van der Waals surface area contributed by atoms with Gasteiger partial charge in [-0.1, -0.05) is 18.2 Å². The molecule has 8 nitrogen and oxygen atoms in total. The van der Waals surface area contributed by atoms with Gasteiger partial charge in [0, 0.05) is 54.1 Å². The van der Waals surface area contributed by atoms with Crippen LogP contribution < -0.4 is 0 Å². The second-order valence-corrected chi connectivity index (χ2v) is 8.31. The predicted molar refractivity (Wildman–Crippen MR) is 119 cm³/mol. The van der Waals surface area contributed by atoms with Crippen LogP contribution in [0.1, 0.15) is 34.9 Å². The maximum absolute atomic E-state index is 14.2. The summed E-state index contributed by atoms with van der Waals surface area (Å²) in [7, 11) is 0. The van der Waals surface area contributed by atoms with Crippen molar-refractivity contribution < 1.29 is 13.9 Å². The van der Waals surface area contributed by atoms with Crippen LogP contribution in [-0.4, -0.2) is 61.8 Å². The first-order valence-corrected chi connectivity index (χ1v) is 11.0. The van der Waals surface area contributed by atoms with Gasteiger partial charge in [-0.25, -0.2) is 14.4 Å². The zero-order valence-corrected chi connectivity index (χ0v) is 17.8. The summed E-state index contributed by atoms with van der Waals surface area (Å²) in [6, 6.07) is 8.28. The Labute approximate surface area is 189 Å². The molecule has 9 heteroatoms. The summed E-state index contributed by atoms with van der Waals surface area (Å²) in [4.78, 5) is 28.1. The summed E-state index contributed by atoms with van der Waals surface area (Å²) in [6.07, 6.45) is 7.06. The molecule has 2 fully saturated rings. The molecule has 1 aliphatic carbocycles. The molecule has 1 amide bonds. The minimum absolute atomic E-state index is 0.128. The molecule has 2 aliphatic rings. The van der Waals surface area contributed by atoms with Gasteiger partial charge in [0.1, 0.15) is 11.5 Å². The Morgan fingerprint density at radius 2 is 1.79 bits per heavy atom. The Morgan fingerprint density at radius 1 is 1.03 bits per heavy atom. The van der Waals surface area contributed by atoms with Gasteiger partial charge in [0.2, 0.25) is 0 Å². The monoisotopic (exact) mass is 444 g/mol. The van der Waals surface area contributed by atoms with Crippen molar-refractivity contribution in [1.29, 1.82) is 0 Å². The van der Waals surface area contributed by atoms with E-state index in [9.17, 15) is 9.18 Å². The molecule has 1 saturated carbocycles. The second-order valence-electron chi connectivity index (χ2n) is 8.31. The van der Waals surface area contributed by atoms with Crippen molar-refractivity contribution in [2.75, 3.05) is 26.3 Å². The van der Waals surface area contributed by atoms with E-state index in [-0.39, 0.29) is 11.7 Å². The number of fused-ring (bicyclic) bond motifs is 1. The Balaban J connectivity index is 1.41. The lowest BCUT2D eigenvalue weighted by Crippen LogP contribution is -2.41. The van der Waals surface area contributed by atoms with Gasteiger partial charge >= 0.3 is 0 Å². The number of ether oxygens (including phenoxy) is 1. The number of hydrogen-bond donors (Lipinski definition) is 0. The van der Waals surface area contributed by atoms with Crippen LogP contribution in [0.3, 0.4) is 0 Å². The molecule has 0 unspecified atom stereocenters. The van der Waals surface area contributed by atoms with E-state index in [1.165, 1.54) is 6.07 Å². The standard InChI is InChI=1S/C24H21FN6O2/c25-19-4-2-1-3-17(19)16-12-27-24(28-13-16)31-21-11-20(23(32)30-7-9-33-10-8-30)26-14-18(21)22(29-31)15-5-6-15/h1-4,11-15H,5-10H2. The number of morpholine rings is 1. The second kappa shape index (κ2) is 8.00. The number of pyridine rings is 1. The van der Waals surface area contributed by atoms with Crippen molar-refractivity contribution in [2.45, 2.75) is 18.8 Å². The number of hydrogen-bond acceptors (Lipinski definition) is 6. The van der Waals surface area contributed by atoms with Gasteiger partial charge < -0.3 is 9.64 Å². The molecule has 166 valence electrons. The lowest BCUT2D eigenvalue weighted by atomic mass is 10.1. The van der Waals surface area contributed by atoms with E-state index in [0.717, 1.165) is 29.4 Å². The van der Waals surface area contributed by atoms with Gasteiger partial charge in [-0.05, 0) is 25.0 Å². The SMILES string of the molecule is O=C(c1cc2c(cn1)c(C1CC1)nn2-c1ncc(-c2ccccc2F)cn1)N1CCOCC1.